The largest absolute Gasteiger partial charge is 0.364 e. The van der Waals surface area contributed by atoms with Gasteiger partial charge < -0.3 is 16.0 Å². The van der Waals surface area contributed by atoms with Crippen LogP contribution in [0.1, 0.15) is 23.3 Å². The van der Waals surface area contributed by atoms with Gasteiger partial charge >= 0.3 is 0 Å². The van der Waals surface area contributed by atoms with Gasteiger partial charge in [0.25, 0.3) is 5.91 Å². The van der Waals surface area contributed by atoms with Gasteiger partial charge in [-0.25, -0.2) is 17.8 Å². The number of carbonyl (C=O) groups is 1. The van der Waals surface area contributed by atoms with Crippen molar-refractivity contribution < 1.29 is 13.2 Å². The van der Waals surface area contributed by atoms with Gasteiger partial charge in [-0.2, -0.15) is 5.10 Å². The molecule has 0 atom stereocenters. The van der Waals surface area contributed by atoms with Crippen LogP contribution < -0.4 is 15.8 Å². The number of amides is 1. The predicted molar refractivity (Wildman–Crippen MR) is 133 cm³/mol. The molecule has 12 heteroatoms. The Kier molecular flexibility index (Phi) is 7.15. The lowest BCUT2D eigenvalue weighted by Crippen LogP contribution is -2.43. The van der Waals surface area contributed by atoms with E-state index in [1.54, 1.807) is 36.5 Å². The van der Waals surface area contributed by atoms with Crippen LogP contribution in [-0.4, -0.2) is 55.2 Å². The molecule has 9 nitrogen and oxygen atoms in total. The minimum Gasteiger partial charge on any atom is -0.364 e. The minimum absolute atomic E-state index is 0.0170. The van der Waals surface area contributed by atoms with Crippen molar-refractivity contribution in [3.05, 3.63) is 64.4 Å². The number of hydrogen-bond acceptors (Lipinski definition) is 6. The Labute approximate surface area is 207 Å². The molecule has 180 valence electrons. The number of benzene rings is 2. The summed E-state index contributed by atoms with van der Waals surface area (Å²) in [7, 11) is -1.63. The molecule has 2 heterocycles. The summed E-state index contributed by atoms with van der Waals surface area (Å²) in [6.07, 6.45) is 3.08. The summed E-state index contributed by atoms with van der Waals surface area (Å²) in [6, 6.07) is 11.1. The Morgan fingerprint density at radius 2 is 1.71 bits per heavy atom. The van der Waals surface area contributed by atoms with Crippen LogP contribution in [0.5, 0.6) is 0 Å². The average molecular weight is 523 g/mol. The number of primary amides is 1. The third-order valence-electron chi connectivity index (χ3n) is 5.60. The van der Waals surface area contributed by atoms with Crippen LogP contribution in [0.25, 0.3) is 5.69 Å². The quantitative estimate of drug-likeness (QED) is 0.437. The summed E-state index contributed by atoms with van der Waals surface area (Å²) < 4.78 is 29.7. The van der Waals surface area contributed by atoms with Crippen molar-refractivity contribution in [2.24, 2.45) is 5.73 Å². The molecule has 0 saturated carbocycles. The highest BCUT2D eigenvalue weighted by atomic mass is 35.5. The second-order valence-electron chi connectivity index (χ2n) is 8.12. The highest BCUT2D eigenvalue weighted by molar-refractivity contribution is 7.89. The third-order valence-corrected chi connectivity index (χ3v) is 7.74. The number of rotatable bonds is 7. The minimum atomic E-state index is -3.65. The van der Waals surface area contributed by atoms with Gasteiger partial charge in [-0.05, 0) is 69.4 Å². The van der Waals surface area contributed by atoms with Crippen LogP contribution in [0.2, 0.25) is 10.0 Å². The highest BCUT2D eigenvalue weighted by Crippen LogP contribution is 2.30. The summed E-state index contributed by atoms with van der Waals surface area (Å²) in [4.78, 5) is 14.3. The van der Waals surface area contributed by atoms with E-state index in [0.29, 0.717) is 27.1 Å². The van der Waals surface area contributed by atoms with Crippen LogP contribution in [0.15, 0.2) is 53.6 Å². The Morgan fingerprint density at radius 1 is 1.09 bits per heavy atom. The number of halogens is 2. The molecular formula is C22H24Cl2N6O3S. The van der Waals surface area contributed by atoms with E-state index < -0.39 is 15.9 Å². The number of aromatic nitrogens is 2. The molecule has 0 spiro atoms. The zero-order valence-corrected chi connectivity index (χ0v) is 20.7. The van der Waals surface area contributed by atoms with Crippen molar-refractivity contribution in [3.8, 4) is 5.69 Å². The van der Waals surface area contributed by atoms with Crippen LogP contribution in [0.4, 0.5) is 11.4 Å². The number of para-hydroxylation sites is 1. The topological polar surface area (TPSA) is 122 Å². The fraction of sp³-hybridized carbons (Fsp3) is 0.273. The first-order valence-corrected chi connectivity index (χ1v) is 12.8. The maximum atomic E-state index is 12.8. The lowest BCUT2D eigenvalue weighted by Gasteiger charge is -2.29. The van der Waals surface area contributed by atoms with E-state index in [1.165, 1.54) is 16.8 Å². The van der Waals surface area contributed by atoms with E-state index in [4.69, 9.17) is 28.9 Å². The molecule has 0 bridgehead atoms. The smallest absolute Gasteiger partial charge is 0.271 e. The van der Waals surface area contributed by atoms with Crippen LogP contribution >= 0.6 is 23.2 Å². The summed E-state index contributed by atoms with van der Waals surface area (Å²) in [5, 5.41) is 7.99. The second-order valence-corrected chi connectivity index (χ2v) is 10.6. The lowest BCUT2D eigenvalue weighted by molar-refractivity contribution is 0.0996. The van der Waals surface area contributed by atoms with Crippen LogP contribution in [0.3, 0.4) is 0 Å². The van der Waals surface area contributed by atoms with E-state index in [-0.39, 0.29) is 16.6 Å². The van der Waals surface area contributed by atoms with Crippen LogP contribution in [-0.2, 0) is 10.0 Å². The first-order chi connectivity index (χ1) is 16.1. The summed E-state index contributed by atoms with van der Waals surface area (Å²) in [5.41, 5.74) is 6.76. The monoisotopic (exact) mass is 522 g/mol. The van der Waals surface area contributed by atoms with Gasteiger partial charge in [0.15, 0.2) is 5.69 Å². The van der Waals surface area contributed by atoms with Gasteiger partial charge in [0.1, 0.15) is 5.69 Å². The van der Waals surface area contributed by atoms with Gasteiger partial charge in [-0.1, -0.05) is 29.3 Å². The zero-order valence-electron chi connectivity index (χ0n) is 18.3. The van der Waals surface area contributed by atoms with Gasteiger partial charge in [-0.15, -0.1) is 0 Å². The molecule has 0 aliphatic carbocycles. The molecule has 34 heavy (non-hydrogen) atoms. The van der Waals surface area contributed by atoms with E-state index in [0.717, 1.165) is 25.9 Å². The van der Waals surface area contributed by atoms with Crippen molar-refractivity contribution >= 4 is 50.5 Å². The van der Waals surface area contributed by atoms with E-state index in [9.17, 15) is 13.2 Å². The SMILES string of the molecule is CN1CCC(NS(=O)(=O)c2ccc(Nc3cn(-c4c(Cl)cccc4Cl)nc3C(N)=O)cc2)CC1. The molecule has 0 unspecified atom stereocenters. The van der Waals surface area contributed by atoms with Crippen molar-refractivity contribution in [2.45, 2.75) is 23.8 Å². The fourth-order valence-electron chi connectivity index (χ4n) is 3.76. The molecule has 1 saturated heterocycles. The molecule has 1 aromatic heterocycles. The van der Waals surface area contributed by atoms with Crippen molar-refractivity contribution in [1.29, 1.82) is 0 Å². The Morgan fingerprint density at radius 3 is 2.29 bits per heavy atom. The van der Waals surface area contributed by atoms with Crippen LogP contribution in [0, 0.1) is 0 Å². The van der Waals surface area contributed by atoms with E-state index in [2.05, 4.69) is 20.0 Å². The molecule has 4 rings (SSSR count). The summed E-state index contributed by atoms with van der Waals surface area (Å²) in [5.74, 6) is -0.744. The van der Waals surface area contributed by atoms with Gasteiger partial charge in [0.2, 0.25) is 10.0 Å². The summed E-state index contributed by atoms with van der Waals surface area (Å²) in [6.45, 7) is 1.71. The molecule has 1 aliphatic heterocycles. The number of piperidine rings is 1. The Bertz CT molecular complexity index is 1280. The molecular weight excluding hydrogens is 499 g/mol. The third kappa shape index (κ3) is 5.37. The predicted octanol–water partition coefficient (Wildman–Crippen LogP) is 3.39. The zero-order chi connectivity index (χ0) is 24.5. The first-order valence-electron chi connectivity index (χ1n) is 10.6. The highest BCUT2D eigenvalue weighted by Gasteiger charge is 2.24. The molecule has 0 radical (unpaired) electrons. The Balaban J connectivity index is 1.54. The number of hydrogen-bond donors (Lipinski definition) is 3. The second kappa shape index (κ2) is 9.93. The first kappa shape index (κ1) is 24.5. The summed E-state index contributed by atoms with van der Waals surface area (Å²) >= 11 is 12.5. The maximum Gasteiger partial charge on any atom is 0.271 e. The number of nitrogens with zero attached hydrogens (tertiary/aromatic N) is 3. The maximum absolute atomic E-state index is 12.8. The van der Waals surface area contributed by atoms with E-state index >= 15 is 0 Å². The van der Waals surface area contributed by atoms with Crippen molar-refractivity contribution in [3.63, 3.8) is 0 Å². The van der Waals surface area contributed by atoms with Crippen molar-refractivity contribution in [2.75, 3.05) is 25.5 Å². The Hall–Kier alpha value is -2.63. The van der Waals surface area contributed by atoms with Gasteiger partial charge in [-0.3, -0.25) is 4.79 Å². The molecule has 3 aromatic rings. The molecule has 4 N–H and O–H groups in total. The number of nitrogens with one attached hydrogen (secondary N) is 2. The molecule has 1 fully saturated rings. The number of likely N-dealkylation sites (tertiary alicyclic amines) is 1. The van der Waals surface area contributed by atoms with Crippen molar-refractivity contribution in [1.82, 2.24) is 19.4 Å². The molecule has 1 amide bonds. The van der Waals surface area contributed by atoms with Gasteiger partial charge in [0.05, 0.1) is 26.8 Å². The fourth-order valence-corrected chi connectivity index (χ4v) is 5.63. The van der Waals surface area contributed by atoms with E-state index in [1.807, 2.05) is 7.05 Å². The standard InChI is InChI=1S/C22H24Cl2N6O3S/c1-29-11-9-15(10-12-29)28-34(32,33)16-7-5-14(6-8-16)26-19-13-30(27-20(19)22(25)31)21-17(23)3-2-4-18(21)24/h2-8,13,15,26,28H,9-12H2,1H3,(H2,25,31). The molecule has 1 aliphatic rings. The average Bonchev–Trinajstić information content (AvgIpc) is 3.19. The molecule has 2 aromatic carbocycles. The van der Waals surface area contributed by atoms with Gasteiger partial charge in [0, 0.05) is 11.7 Å². The lowest BCUT2D eigenvalue weighted by atomic mass is 10.1. The number of anilines is 2. The number of sulfonamides is 1. The normalized spacial score (nSPS) is 15.4. The number of carbonyl (C=O) groups excluding carboxylic acids is 1. The number of nitrogens with two attached hydrogens (primary N) is 1.